The maximum absolute atomic E-state index is 5.35. The summed E-state index contributed by atoms with van der Waals surface area (Å²) in [5.41, 5.74) is 13.1. The van der Waals surface area contributed by atoms with Gasteiger partial charge in [0.05, 0.1) is 0 Å². The summed E-state index contributed by atoms with van der Waals surface area (Å²) < 4.78 is 0. The molecule has 0 bridgehead atoms. The van der Waals surface area contributed by atoms with Crippen molar-refractivity contribution >= 4 is 0 Å². The quantitative estimate of drug-likeness (QED) is 0.806. The van der Waals surface area contributed by atoms with E-state index in [1.54, 1.807) is 0 Å². The van der Waals surface area contributed by atoms with Crippen LogP contribution in [0.2, 0.25) is 0 Å². The Morgan fingerprint density at radius 1 is 0.562 bits per heavy atom. The van der Waals surface area contributed by atoms with Crippen molar-refractivity contribution in [2.24, 2.45) is 11.5 Å². The van der Waals surface area contributed by atoms with Crippen LogP contribution in [0.1, 0.15) is 11.1 Å². The van der Waals surface area contributed by atoms with Gasteiger partial charge in [-0.25, -0.2) is 0 Å². The minimum Gasteiger partial charge on any atom is -0.326 e. The van der Waals surface area contributed by atoms with Crippen molar-refractivity contribution in [3.63, 3.8) is 0 Å². The lowest BCUT2D eigenvalue weighted by Crippen LogP contribution is -1.94. The van der Waals surface area contributed by atoms with Gasteiger partial charge in [0.25, 0.3) is 0 Å². The smallest absolute Gasteiger partial charge is 0.0178 e. The monoisotopic (exact) mass is 214 g/mol. The van der Waals surface area contributed by atoms with Gasteiger partial charge in [0.2, 0.25) is 0 Å². The molecule has 0 aliphatic carbocycles. The summed E-state index contributed by atoms with van der Waals surface area (Å²) >= 11 is 0. The van der Waals surface area contributed by atoms with Gasteiger partial charge in [-0.1, -0.05) is 60.7 Å². The van der Waals surface area contributed by atoms with Crippen molar-refractivity contribution in [1.82, 2.24) is 0 Å². The maximum atomic E-state index is 5.35. The molecule has 0 fully saturated rings. The maximum Gasteiger partial charge on any atom is 0.0178 e. The number of hydrogen-bond donors (Lipinski definition) is 2. The molecular weight excluding hydrogens is 196 g/mol. The van der Waals surface area contributed by atoms with Gasteiger partial charge in [0.15, 0.2) is 0 Å². The predicted octanol–water partition coefficient (Wildman–Crippen LogP) is 2.29. The Bertz CT molecular complexity index is 331. The second kappa shape index (κ2) is 7.63. The zero-order valence-corrected chi connectivity index (χ0v) is 9.34. The van der Waals surface area contributed by atoms with E-state index in [9.17, 15) is 0 Å². The molecule has 2 rings (SSSR count). The van der Waals surface area contributed by atoms with E-state index in [0.29, 0.717) is 13.1 Å². The number of hydrogen-bond acceptors (Lipinski definition) is 2. The Morgan fingerprint density at radius 2 is 0.875 bits per heavy atom. The van der Waals surface area contributed by atoms with Gasteiger partial charge in [-0.05, 0) is 11.1 Å². The normalized spacial score (nSPS) is 9.12. The fourth-order valence-corrected chi connectivity index (χ4v) is 1.23. The highest BCUT2D eigenvalue weighted by atomic mass is 14.5. The highest BCUT2D eigenvalue weighted by molar-refractivity contribution is 5.14. The van der Waals surface area contributed by atoms with Gasteiger partial charge >= 0.3 is 0 Å². The average Bonchev–Trinajstić information content (AvgIpc) is 2.41. The molecule has 16 heavy (non-hydrogen) atoms. The molecule has 0 aliphatic rings. The van der Waals surface area contributed by atoms with E-state index in [1.807, 2.05) is 60.7 Å². The zero-order chi connectivity index (χ0) is 11.6. The standard InChI is InChI=1S/2C7H9N/c2*8-6-7-4-2-1-3-5-7/h2*1-5H,6,8H2. The molecule has 0 saturated heterocycles. The van der Waals surface area contributed by atoms with Gasteiger partial charge in [-0.2, -0.15) is 0 Å². The third-order valence-corrected chi connectivity index (χ3v) is 2.16. The molecule has 0 radical (unpaired) electrons. The molecule has 0 unspecified atom stereocenters. The van der Waals surface area contributed by atoms with Crippen LogP contribution in [0.25, 0.3) is 0 Å². The van der Waals surface area contributed by atoms with Crippen molar-refractivity contribution in [2.45, 2.75) is 13.1 Å². The van der Waals surface area contributed by atoms with Gasteiger partial charge in [0.1, 0.15) is 0 Å². The van der Waals surface area contributed by atoms with Crippen molar-refractivity contribution in [3.8, 4) is 0 Å². The van der Waals surface area contributed by atoms with Gasteiger partial charge in [-0.15, -0.1) is 0 Å². The Hall–Kier alpha value is -1.64. The predicted molar refractivity (Wildman–Crippen MR) is 68.7 cm³/mol. The molecule has 2 aromatic carbocycles. The van der Waals surface area contributed by atoms with Crippen LogP contribution in [0, 0.1) is 0 Å². The molecule has 2 nitrogen and oxygen atoms in total. The molecule has 2 aromatic rings. The van der Waals surface area contributed by atoms with Crippen LogP contribution in [0.3, 0.4) is 0 Å². The Kier molecular flexibility index (Phi) is 5.92. The second-order valence-corrected chi connectivity index (χ2v) is 3.38. The van der Waals surface area contributed by atoms with E-state index in [2.05, 4.69) is 0 Å². The molecule has 84 valence electrons. The molecule has 0 amide bonds. The van der Waals surface area contributed by atoms with Crippen LogP contribution in [-0.4, -0.2) is 0 Å². The van der Waals surface area contributed by atoms with Crippen LogP contribution in [0.5, 0.6) is 0 Å². The first-order valence-electron chi connectivity index (χ1n) is 5.34. The first-order valence-corrected chi connectivity index (χ1v) is 5.34. The molecule has 0 heterocycles. The molecule has 0 aromatic heterocycles. The van der Waals surface area contributed by atoms with Gasteiger partial charge in [-0.3, -0.25) is 0 Å². The topological polar surface area (TPSA) is 52.0 Å². The van der Waals surface area contributed by atoms with Crippen molar-refractivity contribution in [1.29, 1.82) is 0 Å². The number of rotatable bonds is 2. The third kappa shape index (κ3) is 4.73. The first kappa shape index (κ1) is 12.4. The average molecular weight is 214 g/mol. The summed E-state index contributed by atoms with van der Waals surface area (Å²) in [6.07, 6.45) is 0. The zero-order valence-electron chi connectivity index (χ0n) is 9.34. The van der Waals surface area contributed by atoms with E-state index in [-0.39, 0.29) is 0 Å². The minimum atomic E-state index is 0.640. The highest BCUT2D eigenvalue weighted by Gasteiger charge is 1.80. The van der Waals surface area contributed by atoms with Gasteiger partial charge in [0, 0.05) is 13.1 Å². The fourth-order valence-electron chi connectivity index (χ4n) is 1.23. The fraction of sp³-hybridized carbons (Fsp3) is 0.143. The summed E-state index contributed by atoms with van der Waals surface area (Å²) in [4.78, 5) is 0. The Balaban J connectivity index is 0.000000160. The second-order valence-electron chi connectivity index (χ2n) is 3.38. The largest absolute Gasteiger partial charge is 0.326 e. The first-order chi connectivity index (χ1) is 7.86. The molecule has 0 atom stereocenters. The van der Waals surface area contributed by atoms with Crippen LogP contribution >= 0.6 is 0 Å². The van der Waals surface area contributed by atoms with Crippen LogP contribution in [0.15, 0.2) is 60.7 Å². The van der Waals surface area contributed by atoms with Gasteiger partial charge < -0.3 is 11.5 Å². The van der Waals surface area contributed by atoms with Crippen molar-refractivity contribution in [2.75, 3.05) is 0 Å². The van der Waals surface area contributed by atoms with E-state index in [1.165, 1.54) is 11.1 Å². The van der Waals surface area contributed by atoms with Crippen molar-refractivity contribution in [3.05, 3.63) is 71.8 Å². The lowest BCUT2D eigenvalue weighted by Gasteiger charge is -1.90. The summed E-state index contributed by atoms with van der Waals surface area (Å²) in [5, 5.41) is 0. The number of benzene rings is 2. The van der Waals surface area contributed by atoms with E-state index >= 15 is 0 Å². The third-order valence-electron chi connectivity index (χ3n) is 2.16. The highest BCUT2D eigenvalue weighted by Crippen LogP contribution is 1.94. The molecule has 0 aliphatic heterocycles. The van der Waals surface area contributed by atoms with E-state index < -0.39 is 0 Å². The molecule has 0 saturated carbocycles. The lowest BCUT2D eigenvalue weighted by atomic mass is 10.2. The Morgan fingerprint density at radius 3 is 1.06 bits per heavy atom. The summed E-state index contributed by atoms with van der Waals surface area (Å²) in [5.74, 6) is 0. The summed E-state index contributed by atoms with van der Waals surface area (Å²) in [7, 11) is 0. The molecule has 0 spiro atoms. The molecule has 2 heteroatoms. The summed E-state index contributed by atoms with van der Waals surface area (Å²) in [6.45, 7) is 1.28. The molecule has 4 N–H and O–H groups in total. The van der Waals surface area contributed by atoms with E-state index in [4.69, 9.17) is 11.5 Å². The summed E-state index contributed by atoms with van der Waals surface area (Å²) in [6, 6.07) is 20.0. The SMILES string of the molecule is NCc1ccccc1.NCc1ccccc1. The minimum absolute atomic E-state index is 0.640. The Labute approximate surface area is 96.9 Å². The van der Waals surface area contributed by atoms with Crippen LogP contribution < -0.4 is 11.5 Å². The van der Waals surface area contributed by atoms with Crippen LogP contribution in [-0.2, 0) is 13.1 Å². The van der Waals surface area contributed by atoms with E-state index in [0.717, 1.165) is 0 Å². The lowest BCUT2D eigenvalue weighted by molar-refractivity contribution is 1.07. The van der Waals surface area contributed by atoms with Crippen molar-refractivity contribution < 1.29 is 0 Å². The van der Waals surface area contributed by atoms with Crippen LogP contribution in [0.4, 0.5) is 0 Å². The number of nitrogens with two attached hydrogens (primary N) is 2. The molecular formula is C14H18N2.